The first-order valence-electron chi connectivity index (χ1n) is 9.01. The van der Waals surface area contributed by atoms with Crippen LogP contribution in [0.5, 0.6) is 0 Å². The van der Waals surface area contributed by atoms with E-state index >= 15 is 0 Å². The van der Waals surface area contributed by atoms with Crippen LogP contribution in [0.25, 0.3) is 0 Å². The van der Waals surface area contributed by atoms with E-state index in [1.54, 1.807) is 23.1 Å². The molecule has 1 atom stereocenters. The van der Waals surface area contributed by atoms with Gasteiger partial charge in [0.15, 0.2) is 0 Å². The Balaban J connectivity index is 1.54. The second-order valence-corrected chi connectivity index (χ2v) is 6.41. The van der Waals surface area contributed by atoms with Crippen molar-refractivity contribution in [2.24, 2.45) is 0 Å². The number of carbonyl (C=O) groups excluding carboxylic acids is 1. The van der Waals surface area contributed by atoms with Crippen LogP contribution < -0.4 is 4.90 Å². The number of allylic oxidation sites excluding steroid dienone is 1. The summed E-state index contributed by atoms with van der Waals surface area (Å²) in [5, 5.41) is 8.31. The average molecular weight is 355 g/mol. The normalized spacial score (nSPS) is 15.7. The highest BCUT2D eigenvalue weighted by Crippen LogP contribution is 2.15. The van der Waals surface area contributed by atoms with Crippen molar-refractivity contribution in [3.05, 3.63) is 43.0 Å². The smallest absolute Gasteiger partial charge is 0.247 e. The standard InChI is InChI=1S/C18H25N7O/c1-3-4-5-7-16-14-25(22-21-16)15(2)17(26)23-10-12-24(13-11-23)18-19-8-6-9-20-18/h3,6,8-9,14-15H,1,4-5,7,10-13H2,2H3. The maximum absolute atomic E-state index is 12.8. The number of amides is 1. The number of hydrogen-bond acceptors (Lipinski definition) is 6. The largest absolute Gasteiger partial charge is 0.337 e. The Kier molecular flexibility index (Phi) is 5.93. The van der Waals surface area contributed by atoms with Gasteiger partial charge < -0.3 is 9.80 Å². The molecule has 8 heteroatoms. The quantitative estimate of drug-likeness (QED) is 0.553. The molecular formula is C18H25N7O. The second-order valence-electron chi connectivity index (χ2n) is 6.41. The van der Waals surface area contributed by atoms with E-state index in [1.807, 2.05) is 24.1 Å². The lowest BCUT2D eigenvalue weighted by molar-refractivity contribution is -0.134. The summed E-state index contributed by atoms with van der Waals surface area (Å²) >= 11 is 0. The van der Waals surface area contributed by atoms with Gasteiger partial charge >= 0.3 is 0 Å². The first-order valence-corrected chi connectivity index (χ1v) is 9.01. The van der Waals surface area contributed by atoms with Crippen molar-refractivity contribution in [1.82, 2.24) is 29.9 Å². The Morgan fingerprint density at radius 2 is 2.00 bits per heavy atom. The molecule has 8 nitrogen and oxygen atoms in total. The van der Waals surface area contributed by atoms with Crippen molar-refractivity contribution in [3.63, 3.8) is 0 Å². The number of carbonyl (C=O) groups is 1. The van der Waals surface area contributed by atoms with Crippen LogP contribution in [0.4, 0.5) is 5.95 Å². The van der Waals surface area contributed by atoms with Gasteiger partial charge in [-0.05, 0) is 32.3 Å². The zero-order valence-corrected chi connectivity index (χ0v) is 15.2. The van der Waals surface area contributed by atoms with Gasteiger partial charge in [-0.25, -0.2) is 14.6 Å². The molecule has 0 N–H and O–H groups in total. The van der Waals surface area contributed by atoms with Crippen LogP contribution in [-0.4, -0.2) is 61.9 Å². The number of aryl methyl sites for hydroxylation is 1. The van der Waals surface area contributed by atoms with Gasteiger partial charge in [0, 0.05) is 44.8 Å². The number of aromatic nitrogens is 5. The molecule has 0 spiro atoms. The Bertz CT molecular complexity index is 722. The van der Waals surface area contributed by atoms with Crippen LogP contribution in [0.3, 0.4) is 0 Å². The molecule has 1 saturated heterocycles. The third-order valence-electron chi connectivity index (χ3n) is 4.58. The lowest BCUT2D eigenvalue weighted by Gasteiger charge is -2.35. The zero-order chi connectivity index (χ0) is 18.4. The summed E-state index contributed by atoms with van der Waals surface area (Å²) in [6, 6.07) is 1.45. The molecule has 1 amide bonds. The van der Waals surface area contributed by atoms with Crippen LogP contribution in [0, 0.1) is 0 Å². The maximum Gasteiger partial charge on any atom is 0.247 e. The molecule has 1 aliphatic heterocycles. The topological polar surface area (TPSA) is 80.0 Å². The highest BCUT2D eigenvalue weighted by atomic mass is 16.2. The number of unbranched alkanes of at least 4 members (excludes halogenated alkanes) is 1. The number of rotatable bonds is 7. The lowest BCUT2D eigenvalue weighted by atomic mass is 10.2. The van der Waals surface area contributed by atoms with Gasteiger partial charge in [0.1, 0.15) is 6.04 Å². The summed E-state index contributed by atoms with van der Waals surface area (Å²) in [4.78, 5) is 25.3. The summed E-state index contributed by atoms with van der Waals surface area (Å²) in [6.07, 6.45) is 10.0. The van der Waals surface area contributed by atoms with Crippen molar-refractivity contribution in [3.8, 4) is 0 Å². The van der Waals surface area contributed by atoms with Gasteiger partial charge in [-0.2, -0.15) is 0 Å². The fraction of sp³-hybridized carbons (Fsp3) is 0.500. The molecule has 2 aromatic heterocycles. The molecule has 2 aromatic rings. The average Bonchev–Trinajstić information content (AvgIpc) is 3.17. The van der Waals surface area contributed by atoms with Gasteiger partial charge in [0.2, 0.25) is 11.9 Å². The molecule has 0 aromatic carbocycles. The summed E-state index contributed by atoms with van der Waals surface area (Å²) in [7, 11) is 0. The number of hydrogen-bond donors (Lipinski definition) is 0. The van der Waals surface area contributed by atoms with Crippen molar-refractivity contribution in [2.75, 3.05) is 31.1 Å². The summed E-state index contributed by atoms with van der Waals surface area (Å²) in [5.74, 6) is 0.786. The van der Waals surface area contributed by atoms with Gasteiger partial charge in [0.25, 0.3) is 0 Å². The second kappa shape index (κ2) is 8.55. The highest BCUT2D eigenvalue weighted by molar-refractivity contribution is 5.80. The minimum Gasteiger partial charge on any atom is -0.337 e. The van der Waals surface area contributed by atoms with Gasteiger partial charge in [0.05, 0.1) is 5.69 Å². The Morgan fingerprint density at radius 3 is 2.69 bits per heavy atom. The Hall–Kier alpha value is -2.77. The predicted molar refractivity (Wildman–Crippen MR) is 98.7 cm³/mol. The van der Waals surface area contributed by atoms with Crippen LogP contribution in [0.2, 0.25) is 0 Å². The third-order valence-corrected chi connectivity index (χ3v) is 4.58. The van der Waals surface area contributed by atoms with E-state index in [-0.39, 0.29) is 11.9 Å². The molecule has 1 unspecified atom stereocenters. The molecule has 3 heterocycles. The molecular weight excluding hydrogens is 330 g/mol. The van der Waals surface area contributed by atoms with E-state index in [1.165, 1.54) is 0 Å². The molecule has 0 radical (unpaired) electrons. The molecule has 0 aliphatic carbocycles. The first kappa shape index (κ1) is 18.0. The monoisotopic (exact) mass is 355 g/mol. The van der Waals surface area contributed by atoms with Crippen molar-refractivity contribution < 1.29 is 4.79 Å². The van der Waals surface area contributed by atoms with Crippen LogP contribution in [-0.2, 0) is 11.2 Å². The van der Waals surface area contributed by atoms with Gasteiger partial charge in [-0.1, -0.05) is 11.3 Å². The minimum absolute atomic E-state index is 0.0705. The van der Waals surface area contributed by atoms with E-state index in [9.17, 15) is 4.79 Å². The molecule has 26 heavy (non-hydrogen) atoms. The van der Waals surface area contributed by atoms with E-state index in [2.05, 4.69) is 31.8 Å². The highest BCUT2D eigenvalue weighted by Gasteiger charge is 2.27. The van der Waals surface area contributed by atoms with Crippen molar-refractivity contribution in [1.29, 1.82) is 0 Å². The zero-order valence-electron chi connectivity index (χ0n) is 15.2. The molecule has 3 rings (SSSR count). The van der Waals surface area contributed by atoms with E-state index in [0.717, 1.165) is 38.0 Å². The van der Waals surface area contributed by atoms with Crippen LogP contribution in [0.15, 0.2) is 37.3 Å². The van der Waals surface area contributed by atoms with Crippen molar-refractivity contribution >= 4 is 11.9 Å². The molecule has 1 aliphatic rings. The fourth-order valence-electron chi connectivity index (χ4n) is 3.00. The number of nitrogens with zero attached hydrogens (tertiary/aromatic N) is 7. The summed E-state index contributed by atoms with van der Waals surface area (Å²) in [5.41, 5.74) is 0.914. The summed E-state index contributed by atoms with van der Waals surface area (Å²) in [6.45, 7) is 8.36. The van der Waals surface area contributed by atoms with Crippen LogP contribution in [0.1, 0.15) is 31.5 Å². The predicted octanol–water partition coefficient (Wildman–Crippen LogP) is 1.49. The van der Waals surface area contributed by atoms with Crippen molar-refractivity contribution in [2.45, 2.75) is 32.2 Å². The number of anilines is 1. The van der Waals surface area contributed by atoms with E-state index < -0.39 is 0 Å². The SMILES string of the molecule is C=CCCCc1cn(C(C)C(=O)N2CCN(c3ncccn3)CC2)nn1. The van der Waals surface area contributed by atoms with Gasteiger partial charge in [-0.3, -0.25) is 4.79 Å². The fourth-order valence-corrected chi connectivity index (χ4v) is 3.00. The molecule has 0 saturated carbocycles. The molecule has 138 valence electrons. The molecule has 1 fully saturated rings. The van der Waals surface area contributed by atoms with E-state index in [0.29, 0.717) is 19.0 Å². The number of piperazine rings is 1. The Labute approximate surface area is 153 Å². The third kappa shape index (κ3) is 4.25. The maximum atomic E-state index is 12.8. The van der Waals surface area contributed by atoms with E-state index in [4.69, 9.17) is 0 Å². The lowest BCUT2D eigenvalue weighted by Crippen LogP contribution is -2.50. The van der Waals surface area contributed by atoms with Gasteiger partial charge in [-0.15, -0.1) is 11.7 Å². The van der Waals surface area contributed by atoms with Crippen LogP contribution >= 0.6 is 0 Å². The minimum atomic E-state index is -0.352. The summed E-state index contributed by atoms with van der Waals surface area (Å²) < 4.78 is 1.66. The Morgan fingerprint density at radius 1 is 1.27 bits per heavy atom. The molecule has 0 bridgehead atoms. The first-order chi connectivity index (χ1) is 12.7.